The highest BCUT2D eigenvalue weighted by atomic mass is 16.5. The lowest BCUT2D eigenvalue weighted by Crippen LogP contribution is -2.20. The molecule has 2 aromatic heterocycles. The number of ether oxygens (including phenoxy) is 1. The minimum Gasteiger partial charge on any atom is -0.490 e. The average molecular weight is 367 g/mol. The van der Waals surface area contributed by atoms with Crippen LogP contribution >= 0.6 is 0 Å². The van der Waals surface area contributed by atoms with Gasteiger partial charge in [-0.05, 0) is 44.7 Å². The molecule has 0 radical (unpaired) electrons. The zero-order valence-corrected chi connectivity index (χ0v) is 15.3. The van der Waals surface area contributed by atoms with Gasteiger partial charge in [-0.2, -0.15) is 0 Å². The number of carbonyl (C=O) groups is 1. The van der Waals surface area contributed by atoms with E-state index < -0.39 is 5.91 Å². The van der Waals surface area contributed by atoms with E-state index in [4.69, 9.17) is 9.15 Å². The van der Waals surface area contributed by atoms with Gasteiger partial charge in [-0.1, -0.05) is 6.07 Å². The van der Waals surface area contributed by atoms with Gasteiger partial charge in [0.05, 0.1) is 11.7 Å². The summed E-state index contributed by atoms with van der Waals surface area (Å²) in [7, 11) is 1.59. The van der Waals surface area contributed by atoms with Crippen LogP contribution < -0.4 is 15.6 Å². The number of amides is 1. The zero-order valence-electron chi connectivity index (χ0n) is 15.3. The van der Waals surface area contributed by atoms with E-state index in [1.54, 1.807) is 26.1 Å². The Morgan fingerprint density at radius 1 is 1.33 bits per heavy atom. The largest absolute Gasteiger partial charge is 0.490 e. The summed E-state index contributed by atoms with van der Waals surface area (Å²) in [5.74, 6) is 0.678. The standard InChI is InChI=1S/C20H21N3O4/c1-12-16(17-19(26-12)21-11-23(2)20(17)25)18(24)22-13-6-5-9-15(10-13)27-14-7-3-4-8-14/h5-6,9-11,14H,3-4,7-8H2,1-2H3,(H,22,24). The number of anilines is 1. The van der Waals surface area contributed by atoms with Crippen molar-refractivity contribution in [1.29, 1.82) is 0 Å². The SMILES string of the molecule is Cc1oc2ncn(C)c(=O)c2c1C(=O)Nc1cccc(OC2CCCC2)c1. The van der Waals surface area contributed by atoms with Gasteiger partial charge in [-0.15, -0.1) is 0 Å². The van der Waals surface area contributed by atoms with Gasteiger partial charge in [0, 0.05) is 18.8 Å². The second kappa shape index (κ2) is 6.90. The van der Waals surface area contributed by atoms with Crippen LogP contribution in [-0.4, -0.2) is 21.6 Å². The molecule has 1 fully saturated rings. The van der Waals surface area contributed by atoms with E-state index in [0.29, 0.717) is 11.4 Å². The summed E-state index contributed by atoms with van der Waals surface area (Å²) in [6.07, 6.45) is 6.12. The highest BCUT2D eigenvalue weighted by Crippen LogP contribution is 2.27. The predicted molar refractivity (Wildman–Crippen MR) is 101 cm³/mol. The first-order chi connectivity index (χ1) is 13.0. The van der Waals surface area contributed by atoms with Gasteiger partial charge >= 0.3 is 0 Å². The van der Waals surface area contributed by atoms with E-state index in [-0.39, 0.29) is 28.3 Å². The summed E-state index contributed by atoms with van der Waals surface area (Å²) >= 11 is 0. The summed E-state index contributed by atoms with van der Waals surface area (Å²) in [5, 5.41) is 3.02. The summed E-state index contributed by atoms with van der Waals surface area (Å²) in [6, 6.07) is 7.30. The first kappa shape index (κ1) is 17.3. The Morgan fingerprint density at radius 3 is 2.89 bits per heavy atom. The Bertz CT molecular complexity index is 1060. The van der Waals surface area contributed by atoms with Crippen LogP contribution in [0.25, 0.3) is 11.1 Å². The van der Waals surface area contributed by atoms with Crippen molar-refractivity contribution in [1.82, 2.24) is 9.55 Å². The van der Waals surface area contributed by atoms with Crippen molar-refractivity contribution in [3.63, 3.8) is 0 Å². The summed E-state index contributed by atoms with van der Waals surface area (Å²) in [6.45, 7) is 1.65. The Balaban J connectivity index is 1.61. The van der Waals surface area contributed by atoms with Gasteiger partial charge in [0.15, 0.2) is 0 Å². The molecule has 2 heterocycles. The molecule has 0 saturated heterocycles. The van der Waals surface area contributed by atoms with Crippen LogP contribution in [0.3, 0.4) is 0 Å². The Labute approximate surface area is 156 Å². The molecular formula is C20H21N3O4. The fourth-order valence-corrected chi connectivity index (χ4v) is 3.50. The molecule has 7 nitrogen and oxygen atoms in total. The Hall–Kier alpha value is -3.09. The first-order valence-corrected chi connectivity index (χ1v) is 9.06. The van der Waals surface area contributed by atoms with Crippen molar-refractivity contribution in [3.8, 4) is 5.75 Å². The molecule has 0 unspecified atom stereocenters. The number of aromatic nitrogens is 2. The number of hydrogen-bond acceptors (Lipinski definition) is 5. The van der Waals surface area contributed by atoms with Gasteiger partial charge < -0.3 is 19.0 Å². The van der Waals surface area contributed by atoms with Gasteiger partial charge in [-0.25, -0.2) is 4.98 Å². The number of benzene rings is 1. The number of fused-ring (bicyclic) bond motifs is 1. The molecule has 1 amide bonds. The topological polar surface area (TPSA) is 86.4 Å². The Kier molecular flexibility index (Phi) is 4.43. The number of aryl methyl sites for hydroxylation is 2. The van der Waals surface area contributed by atoms with Crippen molar-refractivity contribution in [2.45, 2.75) is 38.7 Å². The van der Waals surface area contributed by atoms with E-state index in [2.05, 4.69) is 10.3 Å². The van der Waals surface area contributed by atoms with E-state index in [1.165, 1.54) is 23.7 Å². The van der Waals surface area contributed by atoms with Crippen molar-refractivity contribution in [3.05, 3.63) is 52.3 Å². The van der Waals surface area contributed by atoms with Crippen LogP contribution in [0, 0.1) is 6.92 Å². The predicted octanol–water partition coefficient (Wildman–Crippen LogP) is 3.41. The number of nitrogens with zero attached hydrogens (tertiary/aromatic N) is 2. The number of rotatable bonds is 4. The van der Waals surface area contributed by atoms with Gasteiger partial charge in [0.2, 0.25) is 5.71 Å². The lowest BCUT2D eigenvalue weighted by atomic mass is 10.1. The molecule has 0 atom stereocenters. The minimum absolute atomic E-state index is 0.166. The number of hydrogen-bond donors (Lipinski definition) is 1. The monoisotopic (exact) mass is 367 g/mol. The first-order valence-electron chi connectivity index (χ1n) is 9.06. The highest BCUT2D eigenvalue weighted by molar-refractivity contribution is 6.12. The van der Waals surface area contributed by atoms with Crippen molar-refractivity contribution < 1.29 is 13.9 Å². The molecule has 0 aliphatic heterocycles. The fraction of sp³-hybridized carbons (Fsp3) is 0.350. The maximum atomic E-state index is 12.8. The maximum Gasteiger partial charge on any atom is 0.265 e. The third-order valence-electron chi connectivity index (χ3n) is 4.87. The lowest BCUT2D eigenvalue weighted by Gasteiger charge is -2.14. The summed E-state index contributed by atoms with van der Waals surface area (Å²) < 4.78 is 12.8. The third kappa shape index (κ3) is 3.32. The lowest BCUT2D eigenvalue weighted by molar-refractivity contribution is 0.102. The molecule has 1 aliphatic rings. The second-order valence-electron chi connectivity index (χ2n) is 6.88. The number of carbonyl (C=O) groups excluding carboxylic acids is 1. The molecule has 1 saturated carbocycles. The van der Waals surface area contributed by atoms with Crippen LogP contribution in [0.4, 0.5) is 5.69 Å². The quantitative estimate of drug-likeness (QED) is 0.764. The van der Waals surface area contributed by atoms with Crippen LogP contribution in [-0.2, 0) is 7.05 Å². The Morgan fingerprint density at radius 2 is 2.11 bits per heavy atom. The average Bonchev–Trinajstić information content (AvgIpc) is 3.26. The van der Waals surface area contributed by atoms with Crippen LogP contribution in [0.15, 0.2) is 39.8 Å². The smallest absolute Gasteiger partial charge is 0.265 e. The molecule has 0 spiro atoms. The van der Waals surface area contributed by atoms with E-state index >= 15 is 0 Å². The van der Waals surface area contributed by atoms with E-state index in [9.17, 15) is 9.59 Å². The van der Waals surface area contributed by atoms with E-state index in [1.807, 2.05) is 12.1 Å². The van der Waals surface area contributed by atoms with Crippen molar-refractivity contribution in [2.75, 3.05) is 5.32 Å². The summed E-state index contributed by atoms with van der Waals surface area (Å²) in [4.78, 5) is 29.4. The van der Waals surface area contributed by atoms with E-state index in [0.717, 1.165) is 18.6 Å². The summed E-state index contributed by atoms with van der Waals surface area (Å²) in [5.41, 5.74) is 0.658. The molecule has 0 bridgehead atoms. The molecule has 1 aromatic carbocycles. The number of nitrogens with one attached hydrogen (secondary N) is 1. The molecule has 7 heteroatoms. The molecule has 27 heavy (non-hydrogen) atoms. The van der Waals surface area contributed by atoms with Crippen LogP contribution in [0.5, 0.6) is 5.75 Å². The third-order valence-corrected chi connectivity index (χ3v) is 4.87. The second-order valence-corrected chi connectivity index (χ2v) is 6.88. The molecule has 1 N–H and O–H groups in total. The normalized spacial score (nSPS) is 14.6. The fourth-order valence-electron chi connectivity index (χ4n) is 3.50. The van der Waals surface area contributed by atoms with Crippen LogP contribution in [0.2, 0.25) is 0 Å². The van der Waals surface area contributed by atoms with Gasteiger partial charge in [0.1, 0.15) is 23.2 Å². The molecule has 4 rings (SSSR count). The molecule has 1 aliphatic carbocycles. The molecule has 3 aromatic rings. The highest BCUT2D eigenvalue weighted by Gasteiger charge is 2.23. The maximum absolute atomic E-state index is 12.8. The van der Waals surface area contributed by atoms with Gasteiger partial charge in [0.25, 0.3) is 11.5 Å². The minimum atomic E-state index is -0.408. The molecule has 140 valence electrons. The van der Waals surface area contributed by atoms with Crippen LogP contribution in [0.1, 0.15) is 41.8 Å². The van der Waals surface area contributed by atoms with Crippen molar-refractivity contribution >= 4 is 22.7 Å². The molecular weight excluding hydrogens is 346 g/mol. The van der Waals surface area contributed by atoms with Gasteiger partial charge in [-0.3, -0.25) is 9.59 Å². The van der Waals surface area contributed by atoms with Crippen molar-refractivity contribution in [2.24, 2.45) is 7.05 Å². The zero-order chi connectivity index (χ0) is 19.0. The number of furan rings is 1.